The molecule has 2 aromatic rings. The van der Waals surface area contributed by atoms with Crippen LogP contribution in [-0.4, -0.2) is 58.1 Å². The number of carbonyl (C=O) groups is 2. The van der Waals surface area contributed by atoms with E-state index in [-0.39, 0.29) is 36.2 Å². The highest BCUT2D eigenvalue weighted by molar-refractivity contribution is 5.98. The number of H-pyrrole nitrogens is 1. The molecule has 0 unspecified atom stereocenters. The van der Waals surface area contributed by atoms with E-state index in [4.69, 9.17) is 4.84 Å². The number of halogens is 3. The lowest BCUT2D eigenvalue weighted by Gasteiger charge is -2.26. The maximum atomic E-state index is 12.6. The molecule has 0 atom stereocenters. The van der Waals surface area contributed by atoms with Crippen LogP contribution in [0.25, 0.3) is 0 Å². The van der Waals surface area contributed by atoms with E-state index in [9.17, 15) is 27.6 Å². The zero-order valence-corrected chi connectivity index (χ0v) is 18.8. The summed E-state index contributed by atoms with van der Waals surface area (Å²) in [6.07, 6.45) is 1.32. The fourth-order valence-corrected chi connectivity index (χ4v) is 3.31. The minimum Gasteiger partial charge on any atom is -0.383 e. The number of hydrogen-bond donors (Lipinski definition) is 3. The van der Waals surface area contributed by atoms with Gasteiger partial charge in [-0.25, -0.2) is 20.5 Å². The van der Waals surface area contributed by atoms with E-state index in [0.29, 0.717) is 38.2 Å². The average Bonchev–Trinajstić information content (AvgIpc) is 2.81. The highest BCUT2D eigenvalue weighted by Gasteiger charge is 2.31. The quantitative estimate of drug-likeness (QED) is 0.195. The Morgan fingerprint density at radius 2 is 1.97 bits per heavy atom. The van der Waals surface area contributed by atoms with E-state index >= 15 is 0 Å². The van der Waals surface area contributed by atoms with Crippen LogP contribution in [0.1, 0.15) is 42.1 Å². The molecule has 3 N–H and O–H groups in total. The van der Waals surface area contributed by atoms with Gasteiger partial charge in [-0.15, -0.1) is 0 Å². The molecule has 3 heterocycles. The Kier molecular flexibility index (Phi) is 8.52. The Morgan fingerprint density at radius 1 is 1.23 bits per heavy atom. The number of hydroxylamine groups is 1. The van der Waals surface area contributed by atoms with Crippen molar-refractivity contribution in [3.63, 3.8) is 0 Å². The van der Waals surface area contributed by atoms with Crippen molar-refractivity contribution in [3.05, 3.63) is 51.7 Å². The number of nitrogens with one attached hydrogen (secondary N) is 3. The summed E-state index contributed by atoms with van der Waals surface area (Å²) in [5.74, 6) is -0.520. The van der Waals surface area contributed by atoms with Crippen LogP contribution < -0.4 is 21.3 Å². The van der Waals surface area contributed by atoms with Gasteiger partial charge in [0.05, 0.1) is 24.1 Å². The summed E-state index contributed by atoms with van der Waals surface area (Å²) in [5, 5.41) is 8.81. The molecular weight excluding hydrogens is 471 g/mol. The topological polar surface area (TPSA) is 142 Å². The molecule has 1 amide bonds. The van der Waals surface area contributed by atoms with Crippen molar-refractivity contribution in [3.8, 4) is 0 Å². The largest absolute Gasteiger partial charge is 0.419 e. The zero-order valence-electron chi connectivity index (χ0n) is 18.8. The summed E-state index contributed by atoms with van der Waals surface area (Å²) in [6.45, 7) is 2.71. The van der Waals surface area contributed by atoms with Crippen molar-refractivity contribution in [2.24, 2.45) is 0 Å². The van der Waals surface area contributed by atoms with Gasteiger partial charge in [-0.1, -0.05) is 11.6 Å². The van der Waals surface area contributed by atoms with Gasteiger partial charge in [0, 0.05) is 38.4 Å². The first-order valence-electron chi connectivity index (χ1n) is 10.7. The van der Waals surface area contributed by atoms with Gasteiger partial charge in [0.2, 0.25) is 11.9 Å². The van der Waals surface area contributed by atoms with E-state index in [2.05, 4.69) is 31.0 Å². The van der Waals surface area contributed by atoms with Gasteiger partial charge >= 0.3 is 6.18 Å². The van der Waals surface area contributed by atoms with E-state index in [0.717, 1.165) is 18.0 Å². The van der Waals surface area contributed by atoms with Crippen molar-refractivity contribution in [1.29, 1.82) is 0 Å². The molecule has 0 saturated heterocycles. The lowest BCUT2D eigenvalue weighted by molar-refractivity contribution is -0.138. The molecule has 3 rings (SSSR count). The first kappa shape index (κ1) is 25.8. The monoisotopic (exact) mass is 495 g/mol. The smallest absolute Gasteiger partial charge is 0.383 e. The van der Waals surface area contributed by atoms with Crippen LogP contribution in [0.2, 0.25) is 0 Å². The number of alkyl halides is 3. The van der Waals surface area contributed by atoms with Crippen LogP contribution >= 0.6 is 0 Å². The molecule has 0 saturated carbocycles. The lowest BCUT2D eigenvalue weighted by atomic mass is 10.0. The van der Waals surface area contributed by atoms with Crippen LogP contribution in [0.3, 0.4) is 0 Å². The molecule has 1 aliphatic heterocycles. The van der Waals surface area contributed by atoms with E-state index < -0.39 is 17.3 Å². The van der Waals surface area contributed by atoms with Crippen molar-refractivity contribution in [1.82, 2.24) is 25.6 Å². The molecular formula is C21H24F3N7O4. The minimum absolute atomic E-state index is 0.00146. The SMILES string of the molecule is CC(=O)c1c(NCCCONC(=O)CC2=CCN(c3ncc(C(F)(F)F)cn3)CC2)cn[nH]c1=O. The molecule has 0 aromatic carbocycles. The Labute approximate surface area is 197 Å². The molecule has 0 bridgehead atoms. The van der Waals surface area contributed by atoms with Crippen molar-refractivity contribution < 1.29 is 27.6 Å². The molecule has 35 heavy (non-hydrogen) atoms. The van der Waals surface area contributed by atoms with Crippen LogP contribution in [0, 0.1) is 0 Å². The fraction of sp³-hybridized carbons (Fsp3) is 0.429. The molecule has 2 aromatic heterocycles. The first-order valence-corrected chi connectivity index (χ1v) is 10.7. The highest BCUT2D eigenvalue weighted by Crippen LogP contribution is 2.28. The number of nitrogens with zero attached hydrogens (tertiary/aromatic N) is 4. The van der Waals surface area contributed by atoms with Crippen molar-refractivity contribution in [2.75, 3.05) is 36.5 Å². The van der Waals surface area contributed by atoms with E-state index in [1.807, 2.05) is 6.08 Å². The number of aromatic amines is 1. The normalized spacial score (nSPS) is 13.8. The summed E-state index contributed by atoms with van der Waals surface area (Å²) >= 11 is 0. The van der Waals surface area contributed by atoms with E-state index in [1.165, 1.54) is 13.1 Å². The van der Waals surface area contributed by atoms with Crippen molar-refractivity contribution >= 4 is 23.3 Å². The summed E-state index contributed by atoms with van der Waals surface area (Å²) in [6, 6.07) is 0. The summed E-state index contributed by atoms with van der Waals surface area (Å²) < 4.78 is 37.9. The third-order valence-electron chi connectivity index (χ3n) is 5.07. The van der Waals surface area contributed by atoms with Crippen molar-refractivity contribution in [2.45, 2.75) is 32.4 Å². The Hall–Kier alpha value is -3.81. The summed E-state index contributed by atoms with van der Waals surface area (Å²) in [4.78, 5) is 49.8. The lowest BCUT2D eigenvalue weighted by Crippen LogP contribution is -2.32. The maximum absolute atomic E-state index is 12.6. The molecule has 188 valence electrons. The second-order valence-electron chi connectivity index (χ2n) is 7.70. The predicted molar refractivity (Wildman–Crippen MR) is 119 cm³/mol. The van der Waals surface area contributed by atoms with Crippen LogP contribution in [0.4, 0.5) is 24.8 Å². The maximum Gasteiger partial charge on any atom is 0.419 e. The standard InChI is InChI=1S/C21H24F3N7O4/c1-13(32)18-16(12-28-29-19(18)34)25-5-2-8-35-30-17(33)9-14-3-6-31(7-4-14)20-26-10-15(11-27-20)21(22,23)24/h3,10-12H,2,4-9H2,1H3,(H,30,33)(H2,25,29,34). The second-order valence-corrected chi connectivity index (χ2v) is 7.70. The van der Waals surface area contributed by atoms with Gasteiger partial charge in [0.15, 0.2) is 5.78 Å². The third-order valence-corrected chi connectivity index (χ3v) is 5.07. The number of aromatic nitrogens is 4. The average molecular weight is 495 g/mol. The number of hydrogen-bond acceptors (Lipinski definition) is 9. The van der Waals surface area contributed by atoms with Gasteiger partial charge in [0.1, 0.15) is 5.56 Å². The molecule has 0 fully saturated rings. The third kappa shape index (κ3) is 7.34. The second kappa shape index (κ2) is 11.6. The van der Waals surface area contributed by atoms with Gasteiger partial charge in [-0.05, 0) is 19.8 Å². The zero-order chi connectivity index (χ0) is 25.4. The fourth-order valence-electron chi connectivity index (χ4n) is 3.31. The number of ketones is 1. The van der Waals surface area contributed by atoms with Crippen LogP contribution in [0.15, 0.2) is 35.0 Å². The van der Waals surface area contributed by atoms with Gasteiger partial charge in [0.25, 0.3) is 5.56 Å². The number of carbonyl (C=O) groups excluding carboxylic acids is 2. The Morgan fingerprint density at radius 3 is 2.60 bits per heavy atom. The highest BCUT2D eigenvalue weighted by atomic mass is 19.4. The van der Waals surface area contributed by atoms with Gasteiger partial charge < -0.3 is 10.2 Å². The summed E-state index contributed by atoms with van der Waals surface area (Å²) in [5.41, 5.74) is 2.07. The summed E-state index contributed by atoms with van der Waals surface area (Å²) in [7, 11) is 0. The predicted octanol–water partition coefficient (Wildman–Crippen LogP) is 1.86. The molecule has 1 aliphatic rings. The Bertz CT molecular complexity index is 1130. The number of rotatable bonds is 10. The van der Waals surface area contributed by atoms with Gasteiger partial charge in [-0.3, -0.25) is 19.2 Å². The number of Topliss-reactive ketones (excluding diaryl/α,β-unsaturated/α-hetero) is 1. The molecule has 0 spiro atoms. The molecule has 0 radical (unpaired) electrons. The van der Waals surface area contributed by atoms with Crippen LogP contribution in [-0.2, 0) is 15.8 Å². The molecule has 0 aliphatic carbocycles. The first-order chi connectivity index (χ1) is 16.6. The number of anilines is 2. The number of amides is 1. The minimum atomic E-state index is -4.49. The molecule has 11 nitrogen and oxygen atoms in total. The Balaban J connectivity index is 1.35. The van der Waals surface area contributed by atoms with Gasteiger partial charge in [-0.2, -0.15) is 18.3 Å². The van der Waals surface area contributed by atoms with E-state index in [1.54, 1.807) is 4.90 Å². The van der Waals surface area contributed by atoms with Crippen LogP contribution in [0.5, 0.6) is 0 Å². The molecule has 14 heteroatoms.